The molecule has 14 heavy (non-hydrogen) atoms. The van der Waals surface area contributed by atoms with Gasteiger partial charge in [0, 0.05) is 12.0 Å². The molecule has 0 aromatic rings. The Morgan fingerprint density at radius 2 is 1.79 bits per heavy atom. The predicted molar refractivity (Wildman–Crippen MR) is 56.0 cm³/mol. The van der Waals surface area contributed by atoms with Gasteiger partial charge in [0.25, 0.3) is 0 Å². The lowest BCUT2D eigenvalue weighted by molar-refractivity contribution is -0.126. The minimum absolute atomic E-state index is 0.0726. The first-order chi connectivity index (χ1) is 6.49. The van der Waals surface area contributed by atoms with Crippen LogP contribution in [0.25, 0.3) is 0 Å². The number of carbonyl (C=O) groups is 1. The van der Waals surface area contributed by atoms with Crippen molar-refractivity contribution in [1.29, 1.82) is 0 Å². The van der Waals surface area contributed by atoms with E-state index in [4.69, 9.17) is 4.74 Å². The van der Waals surface area contributed by atoms with Crippen LogP contribution in [-0.4, -0.2) is 24.2 Å². The van der Waals surface area contributed by atoms with E-state index in [1.807, 2.05) is 13.8 Å². The van der Waals surface area contributed by atoms with E-state index in [1.165, 1.54) is 0 Å². The number of rotatable bonds is 2. The van der Waals surface area contributed by atoms with Crippen LogP contribution in [0.1, 0.15) is 40.5 Å². The van der Waals surface area contributed by atoms with Gasteiger partial charge in [0.05, 0.1) is 12.2 Å². The molecule has 1 N–H and O–H groups in total. The lowest BCUT2D eigenvalue weighted by Gasteiger charge is -2.32. The van der Waals surface area contributed by atoms with Crippen LogP contribution in [-0.2, 0) is 9.53 Å². The summed E-state index contributed by atoms with van der Waals surface area (Å²) in [6.45, 7) is 7.96. The number of hydrogen-bond acceptors (Lipinski definition) is 2. The fourth-order valence-electron chi connectivity index (χ4n) is 1.89. The first-order valence-corrected chi connectivity index (χ1v) is 5.45. The molecular formula is C11H21NO2. The second-order valence-electron chi connectivity index (χ2n) is 4.59. The van der Waals surface area contributed by atoms with Crippen molar-refractivity contribution in [2.45, 2.75) is 58.8 Å². The summed E-state index contributed by atoms with van der Waals surface area (Å²) in [6.07, 6.45) is 2.39. The summed E-state index contributed by atoms with van der Waals surface area (Å²) in [7, 11) is 0. The average molecular weight is 199 g/mol. The Morgan fingerprint density at radius 3 is 2.21 bits per heavy atom. The average Bonchev–Trinajstić information content (AvgIpc) is 2.01. The van der Waals surface area contributed by atoms with Crippen molar-refractivity contribution >= 4 is 5.91 Å². The zero-order valence-electron chi connectivity index (χ0n) is 9.54. The summed E-state index contributed by atoms with van der Waals surface area (Å²) in [5, 5.41) is 3.06. The molecule has 2 unspecified atom stereocenters. The molecule has 1 heterocycles. The molecule has 2 atom stereocenters. The van der Waals surface area contributed by atoms with Crippen molar-refractivity contribution < 1.29 is 9.53 Å². The minimum Gasteiger partial charge on any atom is -0.375 e. The Kier molecular flexibility index (Phi) is 3.93. The second kappa shape index (κ2) is 4.78. The van der Waals surface area contributed by atoms with E-state index in [-0.39, 0.29) is 24.0 Å². The molecule has 3 heteroatoms. The molecule has 0 spiro atoms. The van der Waals surface area contributed by atoms with Gasteiger partial charge in [-0.05, 0) is 26.7 Å². The van der Waals surface area contributed by atoms with E-state index < -0.39 is 0 Å². The summed E-state index contributed by atoms with van der Waals surface area (Å²) in [6, 6.07) is 0.295. The smallest absolute Gasteiger partial charge is 0.222 e. The largest absolute Gasteiger partial charge is 0.375 e. The Bertz CT molecular complexity index is 193. The van der Waals surface area contributed by atoms with Crippen LogP contribution < -0.4 is 5.32 Å². The lowest BCUT2D eigenvalue weighted by atomic mass is 9.99. The molecule has 0 aromatic carbocycles. The number of amides is 1. The molecule has 1 saturated heterocycles. The molecule has 1 rings (SSSR count). The molecule has 0 radical (unpaired) electrons. The van der Waals surface area contributed by atoms with E-state index >= 15 is 0 Å². The number of nitrogens with one attached hydrogen (secondary N) is 1. The van der Waals surface area contributed by atoms with Gasteiger partial charge in [0.15, 0.2) is 0 Å². The Labute approximate surface area is 86.2 Å². The van der Waals surface area contributed by atoms with Crippen LogP contribution in [0.5, 0.6) is 0 Å². The highest BCUT2D eigenvalue weighted by molar-refractivity contribution is 5.78. The zero-order valence-corrected chi connectivity index (χ0v) is 9.54. The monoisotopic (exact) mass is 199 g/mol. The maximum absolute atomic E-state index is 11.5. The maximum Gasteiger partial charge on any atom is 0.222 e. The molecule has 1 aliphatic rings. The van der Waals surface area contributed by atoms with Crippen molar-refractivity contribution in [2.24, 2.45) is 5.92 Å². The van der Waals surface area contributed by atoms with Crippen molar-refractivity contribution in [1.82, 2.24) is 5.32 Å². The van der Waals surface area contributed by atoms with Gasteiger partial charge in [-0.25, -0.2) is 0 Å². The van der Waals surface area contributed by atoms with Crippen molar-refractivity contribution in [3.05, 3.63) is 0 Å². The van der Waals surface area contributed by atoms with E-state index in [9.17, 15) is 4.79 Å². The third kappa shape index (κ3) is 3.29. The van der Waals surface area contributed by atoms with Gasteiger partial charge in [0.1, 0.15) is 0 Å². The molecule has 1 amide bonds. The minimum atomic E-state index is 0.0726. The van der Waals surface area contributed by atoms with Crippen molar-refractivity contribution in [2.75, 3.05) is 0 Å². The van der Waals surface area contributed by atoms with Gasteiger partial charge in [-0.1, -0.05) is 13.8 Å². The molecular weight excluding hydrogens is 178 g/mol. The molecule has 1 fully saturated rings. The van der Waals surface area contributed by atoms with Gasteiger partial charge >= 0.3 is 0 Å². The van der Waals surface area contributed by atoms with Crippen LogP contribution in [0.4, 0.5) is 0 Å². The highest BCUT2D eigenvalue weighted by atomic mass is 16.5. The summed E-state index contributed by atoms with van der Waals surface area (Å²) < 4.78 is 5.61. The number of carbonyl (C=O) groups excluding carboxylic acids is 1. The lowest BCUT2D eigenvalue weighted by Crippen LogP contribution is -2.45. The normalized spacial score (nSPS) is 33.1. The van der Waals surface area contributed by atoms with Gasteiger partial charge in [-0.3, -0.25) is 4.79 Å². The third-order valence-corrected chi connectivity index (χ3v) is 2.57. The maximum atomic E-state index is 11.5. The fraction of sp³-hybridized carbons (Fsp3) is 0.909. The third-order valence-electron chi connectivity index (χ3n) is 2.57. The molecule has 1 aliphatic heterocycles. The van der Waals surface area contributed by atoms with E-state index in [0.29, 0.717) is 6.04 Å². The Morgan fingerprint density at radius 1 is 1.29 bits per heavy atom. The highest BCUT2D eigenvalue weighted by Crippen LogP contribution is 2.19. The highest BCUT2D eigenvalue weighted by Gasteiger charge is 2.25. The first kappa shape index (κ1) is 11.5. The summed E-state index contributed by atoms with van der Waals surface area (Å²) in [5.74, 6) is 0.222. The number of ether oxygens (including phenoxy) is 1. The van der Waals surface area contributed by atoms with Crippen LogP contribution in [0.2, 0.25) is 0 Å². The van der Waals surface area contributed by atoms with Gasteiger partial charge in [-0.15, -0.1) is 0 Å². The molecule has 0 aromatic heterocycles. The summed E-state index contributed by atoms with van der Waals surface area (Å²) >= 11 is 0. The molecule has 0 aliphatic carbocycles. The second-order valence-corrected chi connectivity index (χ2v) is 4.59. The SMILES string of the molecule is CC1CC(NC(=O)C(C)C)CC(C)O1. The van der Waals surface area contributed by atoms with E-state index in [2.05, 4.69) is 19.2 Å². The van der Waals surface area contributed by atoms with Crippen molar-refractivity contribution in [3.63, 3.8) is 0 Å². The fourth-order valence-corrected chi connectivity index (χ4v) is 1.89. The first-order valence-electron chi connectivity index (χ1n) is 5.45. The number of hydrogen-bond donors (Lipinski definition) is 1. The van der Waals surface area contributed by atoms with Crippen LogP contribution in [0, 0.1) is 5.92 Å². The summed E-state index contributed by atoms with van der Waals surface area (Å²) in [5.41, 5.74) is 0. The van der Waals surface area contributed by atoms with E-state index in [0.717, 1.165) is 12.8 Å². The van der Waals surface area contributed by atoms with Crippen LogP contribution >= 0.6 is 0 Å². The molecule has 3 nitrogen and oxygen atoms in total. The quantitative estimate of drug-likeness (QED) is 0.735. The zero-order chi connectivity index (χ0) is 10.7. The summed E-state index contributed by atoms with van der Waals surface area (Å²) in [4.78, 5) is 11.5. The molecule has 82 valence electrons. The molecule has 0 bridgehead atoms. The van der Waals surface area contributed by atoms with Crippen molar-refractivity contribution in [3.8, 4) is 0 Å². The van der Waals surface area contributed by atoms with Gasteiger partial charge in [0.2, 0.25) is 5.91 Å². The predicted octanol–water partition coefficient (Wildman–Crippen LogP) is 1.71. The van der Waals surface area contributed by atoms with Crippen LogP contribution in [0.15, 0.2) is 0 Å². The Balaban J connectivity index is 2.40. The topological polar surface area (TPSA) is 38.3 Å². The van der Waals surface area contributed by atoms with Gasteiger partial charge < -0.3 is 10.1 Å². The van der Waals surface area contributed by atoms with Crippen LogP contribution in [0.3, 0.4) is 0 Å². The standard InChI is InChI=1S/C11H21NO2/c1-7(2)11(13)12-10-5-8(3)14-9(4)6-10/h7-10H,5-6H2,1-4H3,(H,12,13). The van der Waals surface area contributed by atoms with Gasteiger partial charge in [-0.2, -0.15) is 0 Å². The molecule has 0 saturated carbocycles. The Hall–Kier alpha value is -0.570. The van der Waals surface area contributed by atoms with E-state index in [1.54, 1.807) is 0 Å².